The van der Waals surface area contributed by atoms with E-state index in [1.54, 1.807) is 18.3 Å². The molecule has 1 fully saturated rings. The number of rotatable bonds is 6. The molecule has 0 aliphatic carbocycles. The van der Waals surface area contributed by atoms with Gasteiger partial charge in [0.25, 0.3) is 5.91 Å². The van der Waals surface area contributed by atoms with Gasteiger partial charge >= 0.3 is 0 Å². The second kappa shape index (κ2) is 9.17. The van der Waals surface area contributed by atoms with E-state index in [-0.39, 0.29) is 17.9 Å². The zero-order valence-electron chi connectivity index (χ0n) is 17.0. The Kier molecular flexibility index (Phi) is 6.18. The fraction of sp³-hybridized carbons (Fsp3) is 0.348. The highest BCUT2D eigenvalue weighted by Crippen LogP contribution is 2.31. The minimum atomic E-state index is -0.416. The summed E-state index contributed by atoms with van der Waals surface area (Å²) >= 11 is 0. The molecular formula is C23H26FN5O. The lowest BCUT2D eigenvalue weighted by Gasteiger charge is -2.36. The number of piperidine rings is 1. The van der Waals surface area contributed by atoms with Crippen LogP contribution in [0, 0.1) is 11.7 Å². The van der Waals surface area contributed by atoms with Crippen molar-refractivity contribution in [3.8, 4) is 0 Å². The summed E-state index contributed by atoms with van der Waals surface area (Å²) in [5.41, 5.74) is 2.37. The molecule has 4 rings (SSSR count). The van der Waals surface area contributed by atoms with Gasteiger partial charge in [0.1, 0.15) is 5.82 Å². The number of aromatic nitrogens is 3. The predicted molar refractivity (Wildman–Crippen MR) is 112 cm³/mol. The average molecular weight is 407 g/mol. The van der Waals surface area contributed by atoms with E-state index in [2.05, 4.69) is 20.3 Å². The van der Waals surface area contributed by atoms with Crippen molar-refractivity contribution in [3.63, 3.8) is 0 Å². The fourth-order valence-electron chi connectivity index (χ4n) is 4.10. The molecule has 1 amide bonds. The van der Waals surface area contributed by atoms with Gasteiger partial charge in [0.05, 0.1) is 17.9 Å². The Balaban J connectivity index is 1.45. The summed E-state index contributed by atoms with van der Waals surface area (Å²) in [6.07, 6.45) is 7.59. The molecular weight excluding hydrogens is 381 g/mol. The van der Waals surface area contributed by atoms with Gasteiger partial charge in [0, 0.05) is 37.1 Å². The zero-order valence-corrected chi connectivity index (χ0v) is 17.0. The van der Waals surface area contributed by atoms with Crippen molar-refractivity contribution in [2.24, 2.45) is 13.0 Å². The molecule has 1 unspecified atom stereocenters. The van der Waals surface area contributed by atoms with Crippen LogP contribution in [0.5, 0.6) is 0 Å². The zero-order chi connectivity index (χ0) is 20.9. The van der Waals surface area contributed by atoms with Gasteiger partial charge in [-0.25, -0.2) is 4.39 Å². The van der Waals surface area contributed by atoms with E-state index in [4.69, 9.17) is 0 Å². The molecule has 156 valence electrons. The largest absolute Gasteiger partial charge is 0.343 e. The monoisotopic (exact) mass is 407 g/mol. The molecule has 1 saturated heterocycles. The van der Waals surface area contributed by atoms with Crippen molar-refractivity contribution < 1.29 is 9.18 Å². The number of halogens is 1. The van der Waals surface area contributed by atoms with Crippen molar-refractivity contribution in [1.29, 1.82) is 0 Å². The first kappa shape index (κ1) is 20.2. The van der Waals surface area contributed by atoms with Gasteiger partial charge in [-0.05, 0) is 62.2 Å². The van der Waals surface area contributed by atoms with Gasteiger partial charge in [-0.15, -0.1) is 0 Å². The van der Waals surface area contributed by atoms with Crippen LogP contribution >= 0.6 is 0 Å². The van der Waals surface area contributed by atoms with Crippen LogP contribution in [-0.4, -0.2) is 38.7 Å². The maximum atomic E-state index is 13.6. The summed E-state index contributed by atoms with van der Waals surface area (Å²) in [6, 6.07) is 11.3. The summed E-state index contributed by atoms with van der Waals surface area (Å²) in [7, 11) is 1.93. The number of likely N-dealkylation sites (tertiary alicyclic amines) is 1. The molecule has 7 heteroatoms. The normalized spacial score (nSPS) is 16.3. The molecule has 0 saturated carbocycles. The highest BCUT2D eigenvalue weighted by Gasteiger charge is 2.30. The number of nitrogens with zero attached hydrogens (tertiary/aromatic N) is 4. The quantitative estimate of drug-likeness (QED) is 0.681. The van der Waals surface area contributed by atoms with Crippen LogP contribution < -0.4 is 5.32 Å². The molecule has 2 aromatic heterocycles. The molecule has 1 aliphatic heterocycles. The minimum absolute atomic E-state index is 0.206. The van der Waals surface area contributed by atoms with Crippen LogP contribution in [0.25, 0.3) is 0 Å². The molecule has 1 N–H and O–H groups in total. The summed E-state index contributed by atoms with van der Waals surface area (Å²) in [4.78, 5) is 19.7. The van der Waals surface area contributed by atoms with Crippen molar-refractivity contribution in [2.45, 2.75) is 25.4 Å². The standard InChI is InChI=1S/C23H26FN5O/c1-28-15-17(14-26-28)16-29-11-8-18(9-12-29)22(21-7-2-3-10-25-21)27-23(30)19-5-4-6-20(24)13-19/h2-7,10,13-15,18,22H,8-9,11-12,16H2,1H3,(H,27,30). The molecule has 6 nitrogen and oxygen atoms in total. The lowest BCUT2D eigenvalue weighted by Crippen LogP contribution is -2.40. The van der Waals surface area contributed by atoms with E-state index in [9.17, 15) is 9.18 Å². The van der Waals surface area contributed by atoms with Gasteiger partial charge in [0.15, 0.2) is 0 Å². The van der Waals surface area contributed by atoms with E-state index in [1.165, 1.54) is 17.7 Å². The van der Waals surface area contributed by atoms with Crippen LogP contribution in [0.3, 0.4) is 0 Å². The molecule has 1 aromatic carbocycles. The van der Waals surface area contributed by atoms with E-state index in [0.29, 0.717) is 5.56 Å². The Bertz CT molecular complexity index is 982. The van der Waals surface area contributed by atoms with Gasteiger partial charge in [-0.3, -0.25) is 19.4 Å². The second-order valence-corrected chi connectivity index (χ2v) is 7.85. The van der Waals surface area contributed by atoms with Gasteiger partial charge in [0.2, 0.25) is 0 Å². The number of pyridine rings is 1. The van der Waals surface area contributed by atoms with E-state index < -0.39 is 5.82 Å². The number of benzene rings is 1. The predicted octanol–water partition coefficient (Wildman–Crippen LogP) is 3.34. The summed E-state index contributed by atoms with van der Waals surface area (Å²) < 4.78 is 15.4. The highest BCUT2D eigenvalue weighted by atomic mass is 19.1. The van der Waals surface area contributed by atoms with Crippen LogP contribution in [0.1, 0.15) is 40.5 Å². The van der Waals surface area contributed by atoms with Crippen LogP contribution in [-0.2, 0) is 13.6 Å². The lowest BCUT2D eigenvalue weighted by molar-refractivity contribution is 0.0888. The Morgan fingerprint density at radius 1 is 1.23 bits per heavy atom. The Hall–Kier alpha value is -3.06. The lowest BCUT2D eigenvalue weighted by atomic mass is 9.87. The van der Waals surface area contributed by atoms with E-state index in [0.717, 1.165) is 38.2 Å². The SMILES string of the molecule is Cn1cc(CN2CCC(C(NC(=O)c3cccc(F)c3)c3ccccn3)CC2)cn1. The number of hydrogen-bond donors (Lipinski definition) is 1. The molecule has 3 aromatic rings. The Morgan fingerprint density at radius 2 is 2.07 bits per heavy atom. The van der Waals surface area contributed by atoms with Gasteiger partial charge < -0.3 is 5.32 Å². The third-order valence-corrected chi connectivity index (χ3v) is 5.65. The molecule has 1 atom stereocenters. The third kappa shape index (κ3) is 4.91. The third-order valence-electron chi connectivity index (χ3n) is 5.65. The number of aryl methyl sites for hydroxylation is 1. The Labute approximate surface area is 175 Å². The summed E-state index contributed by atoms with van der Waals surface area (Å²) in [5.74, 6) is -0.425. The van der Waals surface area contributed by atoms with Crippen molar-refractivity contribution >= 4 is 5.91 Å². The van der Waals surface area contributed by atoms with Gasteiger partial charge in [-0.1, -0.05) is 12.1 Å². The average Bonchev–Trinajstić information content (AvgIpc) is 3.17. The first-order valence-electron chi connectivity index (χ1n) is 10.3. The maximum Gasteiger partial charge on any atom is 0.251 e. The number of nitrogens with one attached hydrogen (secondary N) is 1. The molecule has 30 heavy (non-hydrogen) atoms. The number of carbonyl (C=O) groups excluding carboxylic acids is 1. The molecule has 0 bridgehead atoms. The highest BCUT2D eigenvalue weighted by molar-refractivity contribution is 5.94. The van der Waals surface area contributed by atoms with Crippen LogP contribution in [0.4, 0.5) is 4.39 Å². The van der Waals surface area contributed by atoms with Crippen molar-refractivity contribution in [2.75, 3.05) is 13.1 Å². The molecule has 3 heterocycles. The number of hydrogen-bond acceptors (Lipinski definition) is 4. The molecule has 0 spiro atoms. The minimum Gasteiger partial charge on any atom is -0.343 e. The van der Waals surface area contributed by atoms with Gasteiger partial charge in [-0.2, -0.15) is 5.10 Å². The van der Waals surface area contributed by atoms with E-state index in [1.807, 2.05) is 42.3 Å². The smallest absolute Gasteiger partial charge is 0.251 e. The molecule has 0 radical (unpaired) electrons. The van der Waals surface area contributed by atoms with Crippen LogP contribution in [0.2, 0.25) is 0 Å². The summed E-state index contributed by atoms with van der Waals surface area (Å²) in [6.45, 7) is 2.77. The second-order valence-electron chi connectivity index (χ2n) is 7.85. The fourth-order valence-corrected chi connectivity index (χ4v) is 4.10. The van der Waals surface area contributed by atoms with Crippen LogP contribution in [0.15, 0.2) is 61.1 Å². The van der Waals surface area contributed by atoms with E-state index >= 15 is 0 Å². The Morgan fingerprint density at radius 3 is 2.73 bits per heavy atom. The van der Waals surface area contributed by atoms with Crippen molar-refractivity contribution in [1.82, 2.24) is 25.0 Å². The summed E-state index contributed by atoms with van der Waals surface area (Å²) in [5, 5.41) is 7.35. The first-order chi connectivity index (χ1) is 14.6. The van der Waals surface area contributed by atoms with Crippen molar-refractivity contribution in [3.05, 3.63) is 83.7 Å². The first-order valence-corrected chi connectivity index (χ1v) is 10.3. The number of carbonyl (C=O) groups is 1. The topological polar surface area (TPSA) is 63.0 Å². The maximum absolute atomic E-state index is 13.6. The number of amides is 1. The molecule has 1 aliphatic rings.